The van der Waals surface area contributed by atoms with Crippen LogP contribution in [-0.4, -0.2) is 77.5 Å². The highest BCUT2D eigenvalue weighted by Crippen LogP contribution is 2.46. The molecule has 8 heteroatoms. The minimum absolute atomic E-state index is 0.0970. The van der Waals surface area contributed by atoms with Gasteiger partial charge in [-0.1, -0.05) is 49.0 Å². The number of nitrogens with zero attached hydrogens (tertiary/aromatic N) is 1. The third-order valence-corrected chi connectivity index (χ3v) is 7.63. The van der Waals surface area contributed by atoms with Gasteiger partial charge in [0.1, 0.15) is 12.2 Å². The van der Waals surface area contributed by atoms with Gasteiger partial charge in [-0.2, -0.15) is 0 Å². The Labute approximate surface area is 226 Å². The number of epoxide rings is 1. The van der Waals surface area contributed by atoms with E-state index in [4.69, 9.17) is 23.9 Å². The predicted octanol–water partition coefficient (Wildman–Crippen LogP) is 3.97. The van der Waals surface area contributed by atoms with Crippen molar-refractivity contribution in [3.05, 3.63) is 48.1 Å². The second-order valence-electron chi connectivity index (χ2n) is 11.4. The van der Waals surface area contributed by atoms with E-state index in [2.05, 4.69) is 26.5 Å². The second-order valence-corrected chi connectivity index (χ2v) is 11.4. The van der Waals surface area contributed by atoms with Gasteiger partial charge in [0.05, 0.1) is 37.1 Å². The second kappa shape index (κ2) is 12.8. The molecule has 0 saturated carbocycles. The van der Waals surface area contributed by atoms with Crippen molar-refractivity contribution in [2.24, 2.45) is 10.9 Å². The van der Waals surface area contributed by atoms with Crippen LogP contribution >= 0.6 is 0 Å². The summed E-state index contributed by atoms with van der Waals surface area (Å²) in [5.74, 6) is -0.206. The molecule has 4 aliphatic heterocycles. The summed E-state index contributed by atoms with van der Waals surface area (Å²) in [7, 11) is 0. The topological polar surface area (TPSA) is 110 Å². The summed E-state index contributed by atoms with van der Waals surface area (Å²) in [6.07, 6.45) is 11.9. The Hall–Kier alpha value is -2.10. The lowest BCUT2D eigenvalue weighted by Gasteiger charge is -2.28. The zero-order valence-electron chi connectivity index (χ0n) is 22.8. The van der Waals surface area contributed by atoms with Gasteiger partial charge in [-0.15, -0.1) is 0 Å². The van der Waals surface area contributed by atoms with E-state index in [1.165, 1.54) is 11.6 Å². The Morgan fingerprint density at radius 3 is 2.82 bits per heavy atom. The van der Waals surface area contributed by atoms with Crippen LogP contribution in [0.3, 0.4) is 0 Å². The molecule has 1 saturated heterocycles. The Balaban J connectivity index is 1.54. The lowest BCUT2D eigenvalue weighted by atomic mass is 9.90. The minimum Gasteiger partial charge on any atom is -0.456 e. The first-order chi connectivity index (χ1) is 18.1. The van der Waals surface area contributed by atoms with E-state index in [1.54, 1.807) is 19.2 Å². The molecule has 210 valence electrons. The van der Waals surface area contributed by atoms with Crippen LogP contribution in [0.1, 0.15) is 65.7 Å². The molecule has 2 bridgehead atoms. The number of rotatable bonds is 3. The van der Waals surface area contributed by atoms with Crippen LogP contribution < -0.4 is 0 Å². The number of hydrogen-bond acceptors (Lipinski definition) is 8. The van der Waals surface area contributed by atoms with E-state index in [0.29, 0.717) is 25.4 Å². The number of aliphatic hydroxyl groups is 2. The Kier molecular flexibility index (Phi) is 9.76. The largest absolute Gasteiger partial charge is 0.456 e. The zero-order valence-corrected chi connectivity index (χ0v) is 22.8. The molecule has 1 fully saturated rings. The maximum absolute atomic E-state index is 12.6. The molecule has 0 radical (unpaired) electrons. The molecule has 4 heterocycles. The summed E-state index contributed by atoms with van der Waals surface area (Å²) < 4.78 is 23.7. The summed E-state index contributed by atoms with van der Waals surface area (Å²) in [5.41, 5.74) is 1.05. The van der Waals surface area contributed by atoms with Crippen LogP contribution in [0.2, 0.25) is 0 Å². The molecule has 9 atom stereocenters. The van der Waals surface area contributed by atoms with Crippen molar-refractivity contribution in [1.29, 1.82) is 0 Å². The highest BCUT2D eigenvalue weighted by molar-refractivity contribution is 5.82. The summed E-state index contributed by atoms with van der Waals surface area (Å²) in [4.78, 5) is 17.4. The molecule has 0 aromatic carbocycles. The molecule has 0 aromatic rings. The SMILES string of the molecule is C=C1C[C@H](C)C[C@@H]2CC=C[C@@H](C/C=C\C(=O)O[C@H]([C@H](C)O)C[C@]3(N=C[C@@H]4CC(C)=CCO4)O[C@H]3[C@@H](O)C1)O2. The van der Waals surface area contributed by atoms with E-state index >= 15 is 0 Å². The standard InChI is InChI=1S/C30H43NO7/c1-19-11-12-35-25(14-19)18-31-30-17-27(22(4)32)37-28(34)10-6-8-23-7-5-9-24(36-23)15-20(2)13-21(3)16-26(33)29(30)38-30/h5-7,10-11,18,20,22-27,29,32-33H,3,8-9,12-17H2,1-2,4H3/b10-6-,31-18?/t20-,22-,23-,24-,25-,26-,27-,29-,30-/m0/s1. The quantitative estimate of drug-likeness (QED) is 0.246. The normalized spacial score (nSPS) is 40.9. The van der Waals surface area contributed by atoms with E-state index in [1.807, 2.05) is 12.2 Å². The third-order valence-electron chi connectivity index (χ3n) is 7.63. The molecular weight excluding hydrogens is 486 g/mol. The number of ether oxygens (including phenoxy) is 4. The molecule has 0 spiro atoms. The Morgan fingerprint density at radius 1 is 1.24 bits per heavy atom. The van der Waals surface area contributed by atoms with Gasteiger partial charge in [0, 0.05) is 18.7 Å². The Bertz CT molecular complexity index is 970. The maximum atomic E-state index is 12.6. The number of carbonyl (C=O) groups excluding carboxylic acids is 1. The van der Waals surface area contributed by atoms with Crippen LogP contribution in [0.4, 0.5) is 0 Å². The van der Waals surface area contributed by atoms with Gasteiger partial charge < -0.3 is 29.2 Å². The number of hydrogen-bond donors (Lipinski definition) is 2. The summed E-state index contributed by atoms with van der Waals surface area (Å²) in [5, 5.41) is 21.6. The highest BCUT2D eigenvalue weighted by atomic mass is 16.6. The molecule has 4 rings (SSSR count). The molecule has 0 aromatic heterocycles. The van der Waals surface area contributed by atoms with Gasteiger partial charge in [-0.25, -0.2) is 4.79 Å². The van der Waals surface area contributed by atoms with Crippen molar-refractivity contribution in [1.82, 2.24) is 0 Å². The van der Waals surface area contributed by atoms with Crippen molar-refractivity contribution in [2.45, 2.75) is 114 Å². The average molecular weight is 530 g/mol. The number of cyclic esters (lactones) is 1. The van der Waals surface area contributed by atoms with Gasteiger partial charge >= 0.3 is 5.97 Å². The fourth-order valence-corrected chi connectivity index (χ4v) is 5.58. The molecule has 0 aliphatic carbocycles. The number of esters is 1. The first kappa shape index (κ1) is 28.9. The van der Waals surface area contributed by atoms with Crippen molar-refractivity contribution >= 4 is 12.2 Å². The van der Waals surface area contributed by atoms with E-state index in [0.717, 1.165) is 31.3 Å². The molecule has 0 amide bonds. The van der Waals surface area contributed by atoms with Crippen LogP contribution in [0.15, 0.2) is 53.1 Å². The van der Waals surface area contributed by atoms with E-state index in [9.17, 15) is 15.0 Å². The van der Waals surface area contributed by atoms with Crippen LogP contribution in [-0.2, 0) is 23.7 Å². The van der Waals surface area contributed by atoms with Gasteiger partial charge in [0.2, 0.25) is 0 Å². The van der Waals surface area contributed by atoms with Crippen LogP contribution in [0.5, 0.6) is 0 Å². The average Bonchev–Trinajstić information content (AvgIpc) is 3.56. The van der Waals surface area contributed by atoms with Gasteiger partial charge in [-0.3, -0.25) is 4.99 Å². The fraction of sp³-hybridized carbons (Fsp3) is 0.667. The summed E-state index contributed by atoms with van der Waals surface area (Å²) in [6, 6.07) is 0. The first-order valence-electron chi connectivity index (χ1n) is 13.9. The lowest BCUT2D eigenvalue weighted by Crippen LogP contribution is -2.36. The smallest absolute Gasteiger partial charge is 0.330 e. The fourth-order valence-electron chi connectivity index (χ4n) is 5.58. The number of aliphatic hydroxyl groups excluding tert-OH is 2. The van der Waals surface area contributed by atoms with Crippen LogP contribution in [0, 0.1) is 5.92 Å². The minimum atomic E-state index is -1.11. The van der Waals surface area contributed by atoms with Gasteiger partial charge in [-0.05, 0) is 58.3 Å². The Morgan fingerprint density at radius 2 is 2.05 bits per heavy atom. The predicted molar refractivity (Wildman–Crippen MR) is 145 cm³/mol. The number of aliphatic imine (C=N–C) groups is 1. The molecule has 0 unspecified atom stereocenters. The van der Waals surface area contributed by atoms with Crippen molar-refractivity contribution < 1.29 is 34.0 Å². The lowest BCUT2D eigenvalue weighted by molar-refractivity contribution is -0.149. The van der Waals surface area contributed by atoms with Crippen molar-refractivity contribution in [3.8, 4) is 0 Å². The van der Waals surface area contributed by atoms with E-state index < -0.39 is 36.1 Å². The molecule has 38 heavy (non-hydrogen) atoms. The van der Waals surface area contributed by atoms with Crippen molar-refractivity contribution in [2.75, 3.05) is 6.61 Å². The van der Waals surface area contributed by atoms with Gasteiger partial charge in [0.15, 0.2) is 5.72 Å². The maximum Gasteiger partial charge on any atom is 0.330 e. The molecule has 4 aliphatic rings. The summed E-state index contributed by atoms with van der Waals surface area (Å²) >= 11 is 0. The highest BCUT2D eigenvalue weighted by Gasteiger charge is 2.61. The molecule has 8 nitrogen and oxygen atoms in total. The zero-order chi connectivity index (χ0) is 27.3. The monoisotopic (exact) mass is 529 g/mol. The first-order valence-corrected chi connectivity index (χ1v) is 13.9. The number of fused-ring (bicyclic) bond motifs is 3. The number of carbonyl (C=O) groups is 1. The van der Waals surface area contributed by atoms with Crippen LogP contribution in [0.25, 0.3) is 0 Å². The summed E-state index contributed by atoms with van der Waals surface area (Å²) in [6.45, 7) is 10.5. The molecular formula is C30H43NO7. The van der Waals surface area contributed by atoms with Crippen molar-refractivity contribution in [3.63, 3.8) is 0 Å². The van der Waals surface area contributed by atoms with Gasteiger partial charge in [0.25, 0.3) is 0 Å². The molecule has 2 N–H and O–H groups in total. The van der Waals surface area contributed by atoms with E-state index in [-0.39, 0.29) is 24.7 Å². The third kappa shape index (κ3) is 7.96.